The molecule has 2 heterocycles. The van der Waals surface area contributed by atoms with Gasteiger partial charge in [0.15, 0.2) is 11.5 Å². The Morgan fingerprint density at radius 2 is 2.10 bits per heavy atom. The van der Waals surface area contributed by atoms with E-state index in [9.17, 15) is 0 Å². The fourth-order valence-corrected chi connectivity index (χ4v) is 3.12. The predicted octanol–water partition coefficient (Wildman–Crippen LogP) is 2.73. The van der Waals surface area contributed by atoms with Crippen LogP contribution >= 0.6 is 0 Å². The first-order chi connectivity index (χ1) is 10.1. The van der Waals surface area contributed by atoms with E-state index in [1.807, 2.05) is 0 Å². The maximum Gasteiger partial charge on any atom is 0.224 e. The molecule has 1 fully saturated rings. The summed E-state index contributed by atoms with van der Waals surface area (Å²) in [4.78, 5) is 18.5. The van der Waals surface area contributed by atoms with Crippen LogP contribution in [0.2, 0.25) is 0 Å². The van der Waals surface area contributed by atoms with Crippen molar-refractivity contribution in [1.29, 1.82) is 0 Å². The predicted molar refractivity (Wildman–Crippen MR) is 85.2 cm³/mol. The molecule has 1 saturated carbocycles. The highest BCUT2D eigenvalue weighted by atomic mass is 15.3. The maximum atomic E-state index is 5.87. The highest BCUT2D eigenvalue weighted by Gasteiger charge is 2.26. The van der Waals surface area contributed by atoms with Crippen molar-refractivity contribution in [2.24, 2.45) is 5.92 Å². The minimum atomic E-state index is 0.303. The number of nitrogens with one attached hydrogen (secondary N) is 1. The second kappa shape index (κ2) is 5.87. The minimum absolute atomic E-state index is 0.303. The number of rotatable bonds is 5. The number of aromatic amines is 1. The largest absolute Gasteiger partial charge is 0.368 e. The van der Waals surface area contributed by atoms with Gasteiger partial charge in [-0.2, -0.15) is 9.97 Å². The number of H-pyrrole nitrogens is 1. The molecule has 0 atom stereocenters. The van der Waals surface area contributed by atoms with Gasteiger partial charge in [-0.3, -0.25) is 0 Å². The van der Waals surface area contributed by atoms with Gasteiger partial charge in [0, 0.05) is 12.6 Å². The van der Waals surface area contributed by atoms with Gasteiger partial charge in [0.1, 0.15) is 5.52 Å². The quantitative estimate of drug-likeness (QED) is 0.883. The highest BCUT2D eigenvalue weighted by Crippen LogP contribution is 2.31. The van der Waals surface area contributed by atoms with E-state index in [0.29, 0.717) is 23.6 Å². The average molecular weight is 288 g/mol. The third-order valence-electron chi connectivity index (χ3n) is 4.27. The molecule has 2 aromatic heterocycles. The molecular weight excluding hydrogens is 264 g/mol. The lowest BCUT2D eigenvalue weighted by Crippen LogP contribution is -2.35. The molecule has 6 heteroatoms. The van der Waals surface area contributed by atoms with Crippen LogP contribution in [0.5, 0.6) is 0 Å². The summed E-state index contributed by atoms with van der Waals surface area (Å²) in [6.45, 7) is 5.52. The summed E-state index contributed by atoms with van der Waals surface area (Å²) >= 11 is 0. The summed E-state index contributed by atoms with van der Waals surface area (Å²) in [7, 11) is 0. The molecule has 6 nitrogen and oxygen atoms in total. The Morgan fingerprint density at radius 1 is 1.33 bits per heavy atom. The van der Waals surface area contributed by atoms with Gasteiger partial charge >= 0.3 is 0 Å². The Hall–Kier alpha value is -1.85. The fourth-order valence-electron chi connectivity index (χ4n) is 3.12. The van der Waals surface area contributed by atoms with Crippen molar-refractivity contribution >= 4 is 22.9 Å². The van der Waals surface area contributed by atoms with E-state index in [4.69, 9.17) is 5.73 Å². The maximum absolute atomic E-state index is 5.87. The van der Waals surface area contributed by atoms with Crippen molar-refractivity contribution < 1.29 is 0 Å². The zero-order chi connectivity index (χ0) is 14.8. The summed E-state index contributed by atoms with van der Waals surface area (Å²) < 4.78 is 0. The topological polar surface area (TPSA) is 83.7 Å². The van der Waals surface area contributed by atoms with Gasteiger partial charge in [-0.05, 0) is 25.2 Å². The molecule has 1 aliphatic carbocycles. The molecule has 0 bridgehead atoms. The average Bonchev–Trinajstić information content (AvgIpc) is 3.08. The Kier molecular flexibility index (Phi) is 3.94. The fraction of sp³-hybridized carbons (Fsp3) is 0.667. The Balaban J connectivity index is 1.98. The van der Waals surface area contributed by atoms with Crippen molar-refractivity contribution in [3.63, 3.8) is 0 Å². The third kappa shape index (κ3) is 2.94. The van der Waals surface area contributed by atoms with Crippen LogP contribution < -0.4 is 10.6 Å². The van der Waals surface area contributed by atoms with Gasteiger partial charge in [0.2, 0.25) is 5.95 Å². The number of nitrogen functional groups attached to an aromatic ring is 1. The molecule has 0 unspecified atom stereocenters. The second-order valence-electron chi connectivity index (χ2n) is 6.32. The number of anilines is 2. The normalized spacial score (nSPS) is 16.1. The summed E-state index contributed by atoms with van der Waals surface area (Å²) in [6, 6.07) is 0.560. The zero-order valence-corrected chi connectivity index (χ0v) is 12.8. The molecule has 0 saturated heterocycles. The van der Waals surface area contributed by atoms with Gasteiger partial charge in [-0.1, -0.05) is 26.7 Å². The van der Waals surface area contributed by atoms with E-state index in [1.54, 1.807) is 6.33 Å². The molecule has 0 radical (unpaired) electrons. The molecule has 3 rings (SSSR count). The second-order valence-corrected chi connectivity index (χ2v) is 6.32. The van der Waals surface area contributed by atoms with Crippen molar-refractivity contribution in [3.8, 4) is 0 Å². The van der Waals surface area contributed by atoms with E-state index < -0.39 is 0 Å². The molecule has 0 aromatic carbocycles. The minimum Gasteiger partial charge on any atom is -0.368 e. The molecular formula is C15H24N6. The standard InChI is InChI=1S/C15H24N6/c1-10(2)7-8-21(11-5-3-4-6-11)14-12-13(18-9-17-12)19-15(16)20-14/h9-11H,3-8H2,1-2H3,(H3,16,17,18,19,20). The molecule has 114 valence electrons. The van der Waals surface area contributed by atoms with Gasteiger partial charge in [0.25, 0.3) is 0 Å². The SMILES string of the molecule is CC(C)CCN(c1nc(N)nc2nc[nH]c12)C1CCCC1. The lowest BCUT2D eigenvalue weighted by atomic mass is 10.1. The number of hydrogen-bond acceptors (Lipinski definition) is 5. The zero-order valence-electron chi connectivity index (χ0n) is 12.8. The highest BCUT2D eigenvalue weighted by molar-refractivity contribution is 5.84. The van der Waals surface area contributed by atoms with Crippen LogP contribution in [0.25, 0.3) is 11.2 Å². The van der Waals surface area contributed by atoms with Crippen molar-refractivity contribution in [3.05, 3.63) is 6.33 Å². The van der Waals surface area contributed by atoms with E-state index in [2.05, 4.69) is 38.7 Å². The number of aromatic nitrogens is 4. The van der Waals surface area contributed by atoms with Crippen LogP contribution in [0.4, 0.5) is 11.8 Å². The Labute approximate surface area is 125 Å². The van der Waals surface area contributed by atoms with Crippen LogP contribution in [0.3, 0.4) is 0 Å². The van der Waals surface area contributed by atoms with E-state index >= 15 is 0 Å². The molecule has 21 heavy (non-hydrogen) atoms. The first-order valence-corrected chi connectivity index (χ1v) is 7.88. The van der Waals surface area contributed by atoms with Gasteiger partial charge in [-0.25, -0.2) is 4.98 Å². The van der Waals surface area contributed by atoms with Crippen LogP contribution in [-0.2, 0) is 0 Å². The van der Waals surface area contributed by atoms with E-state index in [-0.39, 0.29) is 0 Å². The monoisotopic (exact) mass is 288 g/mol. The lowest BCUT2D eigenvalue weighted by Gasteiger charge is -2.31. The first kappa shape index (κ1) is 14.1. The number of nitrogens with two attached hydrogens (primary N) is 1. The summed E-state index contributed by atoms with van der Waals surface area (Å²) in [6.07, 6.45) is 7.88. The van der Waals surface area contributed by atoms with Crippen molar-refractivity contribution in [1.82, 2.24) is 19.9 Å². The summed E-state index contributed by atoms with van der Waals surface area (Å²) in [5.41, 5.74) is 7.43. The van der Waals surface area contributed by atoms with Crippen molar-refractivity contribution in [2.75, 3.05) is 17.2 Å². The van der Waals surface area contributed by atoms with Crippen LogP contribution in [0.1, 0.15) is 46.0 Å². The summed E-state index contributed by atoms with van der Waals surface area (Å²) in [5.74, 6) is 1.89. The Bertz CT molecular complexity index is 599. The molecule has 0 aliphatic heterocycles. The third-order valence-corrected chi connectivity index (χ3v) is 4.27. The number of imidazole rings is 1. The van der Waals surface area contributed by atoms with Crippen LogP contribution in [-0.4, -0.2) is 32.5 Å². The first-order valence-electron chi connectivity index (χ1n) is 7.88. The smallest absolute Gasteiger partial charge is 0.224 e. The lowest BCUT2D eigenvalue weighted by molar-refractivity contribution is 0.526. The molecule has 3 N–H and O–H groups in total. The van der Waals surface area contributed by atoms with Crippen LogP contribution in [0.15, 0.2) is 6.33 Å². The van der Waals surface area contributed by atoms with Crippen LogP contribution in [0, 0.1) is 5.92 Å². The van der Waals surface area contributed by atoms with Gasteiger partial charge in [-0.15, -0.1) is 0 Å². The van der Waals surface area contributed by atoms with E-state index in [1.165, 1.54) is 25.7 Å². The molecule has 0 amide bonds. The van der Waals surface area contributed by atoms with E-state index in [0.717, 1.165) is 24.3 Å². The number of nitrogens with zero attached hydrogens (tertiary/aromatic N) is 4. The molecule has 0 spiro atoms. The molecule has 2 aromatic rings. The number of fused-ring (bicyclic) bond motifs is 1. The van der Waals surface area contributed by atoms with Crippen molar-refractivity contribution in [2.45, 2.75) is 52.0 Å². The molecule has 1 aliphatic rings. The van der Waals surface area contributed by atoms with Gasteiger partial charge < -0.3 is 15.6 Å². The summed E-state index contributed by atoms with van der Waals surface area (Å²) in [5, 5.41) is 0. The number of hydrogen-bond donors (Lipinski definition) is 2. The Morgan fingerprint density at radius 3 is 2.81 bits per heavy atom. The van der Waals surface area contributed by atoms with Gasteiger partial charge in [0.05, 0.1) is 6.33 Å².